The normalized spacial score (nSPS) is 11.2. The molecule has 0 radical (unpaired) electrons. The summed E-state index contributed by atoms with van der Waals surface area (Å²) in [6.07, 6.45) is 2.77. The lowest BCUT2D eigenvalue weighted by Gasteiger charge is -2.13. The van der Waals surface area contributed by atoms with Crippen LogP contribution in [0.1, 0.15) is 24.0 Å². The molecule has 3 rings (SSSR count). The third-order valence-electron chi connectivity index (χ3n) is 4.02. The second-order valence-corrected chi connectivity index (χ2v) is 5.77. The Morgan fingerprint density at radius 3 is 2.77 bits per heavy atom. The molecule has 2 N–H and O–H groups in total. The summed E-state index contributed by atoms with van der Waals surface area (Å²) >= 11 is 6.51. The van der Waals surface area contributed by atoms with Crippen molar-refractivity contribution in [2.75, 3.05) is 6.61 Å². The van der Waals surface area contributed by atoms with E-state index in [1.54, 1.807) is 0 Å². The fraction of sp³-hybridized carbons (Fsp3) is 0.294. The molecule has 0 spiro atoms. The maximum atomic E-state index is 8.93. The summed E-state index contributed by atoms with van der Waals surface area (Å²) in [5.41, 5.74) is 6.09. The number of aliphatic hydroxyl groups is 1. The van der Waals surface area contributed by atoms with Crippen molar-refractivity contribution in [3.8, 4) is 11.1 Å². The molecule has 1 heterocycles. The summed E-state index contributed by atoms with van der Waals surface area (Å²) in [6.45, 7) is 2.36. The van der Waals surface area contributed by atoms with Crippen molar-refractivity contribution in [2.45, 2.75) is 26.2 Å². The van der Waals surface area contributed by atoms with Gasteiger partial charge in [0, 0.05) is 12.2 Å². The van der Waals surface area contributed by atoms with E-state index in [1.165, 1.54) is 11.1 Å². The third-order valence-corrected chi connectivity index (χ3v) is 4.40. The van der Waals surface area contributed by atoms with E-state index in [9.17, 15) is 0 Å². The smallest absolute Gasteiger partial charge is 0.132 e. The monoisotopic (exact) mass is 315 g/mol. The van der Waals surface area contributed by atoms with Crippen LogP contribution in [0.3, 0.4) is 0 Å². The maximum absolute atomic E-state index is 8.93. The van der Waals surface area contributed by atoms with Gasteiger partial charge in [0.25, 0.3) is 0 Å². The maximum Gasteiger partial charge on any atom is 0.132 e. The molecule has 1 aromatic heterocycles. The summed E-state index contributed by atoms with van der Waals surface area (Å²) in [4.78, 5) is 0. The predicted molar refractivity (Wildman–Crippen MR) is 89.1 cm³/mol. The molecule has 0 amide bonds. The second kappa shape index (κ2) is 6.46. The highest BCUT2D eigenvalue weighted by molar-refractivity contribution is 6.37. The first-order valence-electron chi connectivity index (χ1n) is 7.41. The molecular formula is C17H18ClN3O. The fourth-order valence-corrected chi connectivity index (χ4v) is 3.07. The minimum absolute atomic E-state index is 0.243. The Kier molecular flexibility index (Phi) is 4.41. The van der Waals surface area contributed by atoms with E-state index >= 15 is 0 Å². The molecule has 5 heteroatoms. The van der Waals surface area contributed by atoms with Gasteiger partial charge in [-0.15, -0.1) is 0 Å². The van der Waals surface area contributed by atoms with Crippen LogP contribution in [0, 0.1) is 6.92 Å². The van der Waals surface area contributed by atoms with Crippen LogP contribution in [0.25, 0.3) is 22.2 Å². The van der Waals surface area contributed by atoms with Gasteiger partial charge in [-0.1, -0.05) is 35.9 Å². The Morgan fingerprint density at radius 2 is 1.95 bits per heavy atom. The molecule has 3 aromatic rings. The SMILES string of the molecule is Cc1c(CCCCO)cccc1-c1ccc2n[nH]nc2c1Cl. The van der Waals surface area contributed by atoms with Gasteiger partial charge in [-0.2, -0.15) is 15.4 Å². The van der Waals surface area contributed by atoms with Crippen LogP contribution in [0.2, 0.25) is 5.02 Å². The zero-order valence-corrected chi connectivity index (χ0v) is 13.2. The van der Waals surface area contributed by atoms with Crippen molar-refractivity contribution in [3.05, 3.63) is 46.5 Å². The van der Waals surface area contributed by atoms with Crippen molar-refractivity contribution in [1.82, 2.24) is 15.4 Å². The van der Waals surface area contributed by atoms with E-state index in [0.29, 0.717) is 10.5 Å². The molecule has 0 atom stereocenters. The first-order chi connectivity index (χ1) is 10.7. The van der Waals surface area contributed by atoms with Crippen LogP contribution < -0.4 is 0 Å². The van der Waals surface area contributed by atoms with Crippen LogP contribution >= 0.6 is 11.6 Å². The molecule has 0 fully saturated rings. The number of unbranched alkanes of at least 4 members (excludes halogenated alkanes) is 1. The highest BCUT2D eigenvalue weighted by atomic mass is 35.5. The molecule has 4 nitrogen and oxygen atoms in total. The van der Waals surface area contributed by atoms with Crippen LogP contribution in [0.4, 0.5) is 0 Å². The Hall–Kier alpha value is -1.91. The van der Waals surface area contributed by atoms with Gasteiger partial charge in [0.1, 0.15) is 11.0 Å². The van der Waals surface area contributed by atoms with E-state index < -0.39 is 0 Å². The van der Waals surface area contributed by atoms with Crippen molar-refractivity contribution >= 4 is 22.6 Å². The van der Waals surface area contributed by atoms with Gasteiger partial charge in [0.15, 0.2) is 0 Å². The minimum atomic E-state index is 0.243. The van der Waals surface area contributed by atoms with Crippen molar-refractivity contribution in [2.24, 2.45) is 0 Å². The van der Waals surface area contributed by atoms with Gasteiger partial charge in [-0.05, 0) is 48.9 Å². The Balaban J connectivity index is 2.03. The van der Waals surface area contributed by atoms with Gasteiger partial charge in [0.2, 0.25) is 0 Å². The van der Waals surface area contributed by atoms with Crippen LogP contribution in [-0.2, 0) is 6.42 Å². The topological polar surface area (TPSA) is 61.8 Å². The molecule has 0 aliphatic heterocycles. The summed E-state index contributed by atoms with van der Waals surface area (Å²) in [5, 5.41) is 20.3. The second-order valence-electron chi connectivity index (χ2n) is 5.39. The summed E-state index contributed by atoms with van der Waals surface area (Å²) < 4.78 is 0. The number of hydrogen-bond acceptors (Lipinski definition) is 3. The van der Waals surface area contributed by atoms with E-state index in [0.717, 1.165) is 35.9 Å². The van der Waals surface area contributed by atoms with Gasteiger partial charge in [0.05, 0.1) is 5.02 Å². The first kappa shape index (κ1) is 15.0. The number of halogens is 1. The van der Waals surface area contributed by atoms with E-state index in [2.05, 4.69) is 40.5 Å². The number of fused-ring (bicyclic) bond motifs is 1. The minimum Gasteiger partial charge on any atom is -0.396 e. The molecule has 0 bridgehead atoms. The van der Waals surface area contributed by atoms with Crippen LogP contribution in [0.5, 0.6) is 0 Å². The van der Waals surface area contributed by atoms with E-state index in [1.807, 2.05) is 12.1 Å². The van der Waals surface area contributed by atoms with E-state index in [4.69, 9.17) is 16.7 Å². The van der Waals surface area contributed by atoms with Crippen molar-refractivity contribution < 1.29 is 5.11 Å². The molecule has 2 aromatic carbocycles. The quantitative estimate of drug-likeness (QED) is 0.702. The molecule has 0 aliphatic rings. The number of aromatic amines is 1. The average Bonchev–Trinajstić information content (AvgIpc) is 3.00. The molecule has 0 saturated heterocycles. The molecule has 0 saturated carbocycles. The zero-order chi connectivity index (χ0) is 15.5. The fourth-order valence-electron chi connectivity index (χ4n) is 2.76. The highest BCUT2D eigenvalue weighted by Crippen LogP contribution is 2.35. The number of aromatic nitrogens is 3. The Labute approximate surface area is 134 Å². The lowest BCUT2D eigenvalue weighted by Crippen LogP contribution is -1.95. The van der Waals surface area contributed by atoms with Gasteiger partial charge >= 0.3 is 0 Å². The summed E-state index contributed by atoms with van der Waals surface area (Å²) in [7, 11) is 0. The average molecular weight is 316 g/mol. The zero-order valence-electron chi connectivity index (χ0n) is 12.4. The number of H-pyrrole nitrogens is 1. The summed E-state index contributed by atoms with van der Waals surface area (Å²) in [5.74, 6) is 0. The lowest BCUT2D eigenvalue weighted by atomic mass is 9.94. The lowest BCUT2D eigenvalue weighted by molar-refractivity contribution is 0.284. The van der Waals surface area contributed by atoms with Gasteiger partial charge in [-0.3, -0.25) is 0 Å². The molecule has 114 valence electrons. The van der Waals surface area contributed by atoms with Crippen molar-refractivity contribution in [1.29, 1.82) is 0 Å². The molecular weight excluding hydrogens is 298 g/mol. The number of hydrogen-bond donors (Lipinski definition) is 2. The number of nitrogens with zero attached hydrogens (tertiary/aromatic N) is 2. The van der Waals surface area contributed by atoms with Crippen molar-refractivity contribution in [3.63, 3.8) is 0 Å². The highest BCUT2D eigenvalue weighted by Gasteiger charge is 2.13. The number of rotatable bonds is 5. The van der Waals surface area contributed by atoms with Gasteiger partial charge < -0.3 is 5.11 Å². The third kappa shape index (κ3) is 2.72. The Bertz CT molecular complexity index is 798. The van der Waals surface area contributed by atoms with Crippen LogP contribution in [0.15, 0.2) is 30.3 Å². The van der Waals surface area contributed by atoms with Gasteiger partial charge in [-0.25, -0.2) is 0 Å². The summed E-state index contributed by atoms with van der Waals surface area (Å²) in [6, 6.07) is 10.2. The molecule has 0 aliphatic carbocycles. The predicted octanol–water partition coefficient (Wildman–Crippen LogP) is 3.90. The standard InChI is InChI=1S/C17H18ClN3O/c1-11-12(5-2-3-10-22)6-4-7-13(11)14-8-9-15-17(16(14)18)20-21-19-15/h4,6-9,22H,2-3,5,10H2,1H3,(H,19,20,21). The number of aliphatic hydroxyl groups excluding tert-OH is 1. The van der Waals surface area contributed by atoms with Crippen LogP contribution in [-0.4, -0.2) is 27.1 Å². The number of nitrogens with one attached hydrogen (secondary N) is 1. The number of benzene rings is 2. The largest absolute Gasteiger partial charge is 0.396 e. The number of aryl methyl sites for hydroxylation is 1. The Morgan fingerprint density at radius 1 is 1.09 bits per heavy atom. The molecule has 0 unspecified atom stereocenters. The molecule has 22 heavy (non-hydrogen) atoms. The van der Waals surface area contributed by atoms with E-state index in [-0.39, 0.29) is 6.61 Å². The first-order valence-corrected chi connectivity index (χ1v) is 7.79.